The number of nitrogens with one attached hydrogen (secondary N) is 1. The number of carbonyl (C=O) groups excluding carboxylic acids is 1. The number of hydrogen-bond donors (Lipinski definition) is 1. The molecule has 5 heteroatoms. The molecule has 0 amide bonds. The zero-order valence-corrected chi connectivity index (χ0v) is 13.9. The van der Waals surface area contributed by atoms with Gasteiger partial charge in [0.05, 0.1) is 25.9 Å². The standard InChI is InChI=1S/C16H31NO4/c1-5-8-17-16(4,15(18)20-6-2)10-13(3)21-12-14-7-9-19-11-14/h13-14,17H,5-12H2,1-4H3. The largest absolute Gasteiger partial charge is 0.465 e. The highest BCUT2D eigenvalue weighted by molar-refractivity contribution is 5.80. The molecule has 1 heterocycles. The van der Waals surface area contributed by atoms with Gasteiger partial charge >= 0.3 is 5.97 Å². The first-order valence-electron chi connectivity index (χ1n) is 8.13. The highest BCUT2D eigenvalue weighted by Crippen LogP contribution is 2.19. The maximum absolute atomic E-state index is 12.2. The van der Waals surface area contributed by atoms with Gasteiger partial charge in [-0.25, -0.2) is 0 Å². The average Bonchev–Trinajstić information content (AvgIpc) is 2.96. The molecule has 21 heavy (non-hydrogen) atoms. The van der Waals surface area contributed by atoms with Gasteiger partial charge in [0.25, 0.3) is 0 Å². The van der Waals surface area contributed by atoms with Crippen LogP contribution in [0.25, 0.3) is 0 Å². The third-order valence-corrected chi connectivity index (χ3v) is 3.83. The van der Waals surface area contributed by atoms with Crippen LogP contribution in [0.2, 0.25) is 0 Å². The second-order valence-corrected chi connectivity index (χ2v) is 6.06. The van der Waals surface area contributed by atoms with Crippen LogP contribution in [0.15, 0.2) is 0 Å². The molecule has 3 atom stereocenters. The van der Waals surface area contributed by atoms with E-state index in [0.29, 0.717) is 25.6 Å². The van der Waals surface area contributed by atoms with Gasteiger partial charge in [0.1, 0.15) is 5.54 Å². The second kappa shape index (κ2) is 9.38. The third kappa shape index (κ3) is 6.32. The van der Waals surface area contributed by atoms with Crippen molar-refractivity contribution in [2.75, 3.05) is 33.0 Å². The van der Waals surface area contributed by atoms with Gasteiger partial charge in [0.2, 0.25) is 0 Å². The summed E-state index contributed by atoms with van der Waals surface area (Å²) >= 11 is 0. The summed E-state index contributed by atoms with van der Waals surface area (Å²) in [5.41, 5.74) is -0.683. The van der Waals surface area contributed by atoms with Gasteiger partial charge in [-0.2, -0.15) is 0 Å². The van der Waals surface area contributed by atoms with E-state index in [1.54, 1.807) is 0 Å². The SMILES string of the molecule is CCCNC(C)(CC(C)OCC1CCOC1)C(=O)OCC. The highest BCUT2D eigenvalue weighted by atomic mass is 16.5. The fourth-order valence-corrected chi connectivity index (χ4v) is 2.57. The molecule has 0 aliphatic carbocycles. The molecule has 3 unspecified atom stereocenters. The molecular formula is C16H31NO4. The number of rotatable bonds is 10. The predicted octanol–water partition coefficient (Wildman–Crippen LogP) is 2.14. The van der Waals surface area contributed by atoms with Crippen LogP contribution in [0, 0.1) is 5.92 Å². The second-order valence-electron chi connectivity index (χ2n) is 6.06. The van der Waals surface area contributed by atoms with Gasteiger partial charge in [0.15, 0.2) is 0 Å². The molecule has 1 rings (SSSR count). The van der Waals surface area contributed by atoms with E-state index in [1.165, 1.54) is 0 Å². The van der Waals surface area contributed by atoms with E-state index in [4.69, 9.17) is 14.2 Å². The lowest BCUT2D eigenvalue weighted by Crippen LogP contribution is -2.52. The maximum atomic E-state index is 12.2. The van der Waals surface area contributed by atoms with E-state index < -0.39 is 5.54 Å². The molecule has 124 valence electrons. The maximum Gasteiger partial charge on any atom is 0.326 e. The fourth-order valence-electron chi connectivity index (χ4n) is 2.57. The Morgan fingerprint density at radius 3 is 2.81 bits per heavy atom. The third-order valence-electron chi connectivity index (χ3n) is 3.83. The first-order chi connectivity index (χ1) is 10.0. The minimum Gasteiger partial charge on any atom is -0.465 e. The van der Waals surface area contributed by atoms with E-state index >= 15 is 0 Å². The molecule has 1 N–H and O–H groups in total. The van der Waals surface area contributed by atoms with E-state index in [0.717, 1.165) is 32.6 Å². The quantitative estimate of drug-likeness (QED) is 0.627. The van der Waals surface area contributed by atoms with Crippen molar-refractivity contribution >= 4 is 5.97 Å². The number of esters is 1. The van der Waals surface area contributed by atoms with Crippen molar-refractivity contribution in [1.82, 2.24) is 5.32 Å². The van der Waals surface area contributed by atoms with Gasteiger partial charge in [-0.15, -0.1) is 0 Å². The lowest BCUT2D eigenvalue weighted by Gasteiger charge is -2.31. The molecule has 0 aromatic carbocycles. The number of carbonyl (C=O) groups is 1. The van der Waals surface area contributed by atoms with Crippen LogP contribution in [0.1, 0.15) is 47.0 Å². The molecule has 0 spiro atoms. The van der Waals surface area contributed by atoms with Gasteiger partial charge < -0.3 is 19.5 Å². The first kappa shape index (κ1) is 18.4. The summed E-state index contributed by atoms with van der Waals surface area (Å²) in [5.74, 6) is 0.294. The van der Waals surface area contributed by atoms with Crippen LogP contribution in [-0.4, -0.2) is 50.6 Å². The minimum atomic E-state index is -0.683. The van der Waals surface area contributed by atoms with Crippen molar-refractivity contribution in [2.45, 2.75) is 58.6 Å². The van der Waals surface area contributed by atoms with E-state index in [2.05, 4.69) is 12.2 Å². The molecular weight excluding hydrogens is 270 g/mol. The van der Waals surface area contributed by atoms with E-state index in [1.807, 2.05) is 20.8 Å². The molecule has 0 radical (unpaired) electrons. The van der Waals surface area contributed by atoms with Crippen molar-refractivity contribution in [2.24, 2.45) is 5.92 Å². The monoisotopic (exact) mass is 301 g/mol. The lowest BCUT2D eigenvalue weighted by atomic mass is 9.94. The molecule has 1 aliphatic rings. The minimum absolute atomic E-state index is 0.00404. The topological polar surface area (TPSA) is 56.8 Å². The lowest BCUT2D eigenvalue weighted by molar-refractivity contribution is -0.152. The van der Waals surface area contributed by atoms with Gasteiger partial charge in [-0.1, -0.05) is 6.92 Å². The molecule has 0 aromatic heterocycles. The van der Waals surface area contributed by atoms with Crippen LogP contribution in [-0.2, 0) is 19.0 Å². The summed E-state index contributed by atoms with van der Waals surface area (Å²) in [6.07, 6.45) is 2.66. The van der Waals surface area contributed by atoms with Crippen LogP contribution in [0.5, 0.6) is 0 Å². The zero-order chi connectivity index (χ0) is 15.7. The van der Waals surface area contributed by atoms with E-state index in [9.17, 15) is 4.79 Å². The summed E-state index contributed by atoms with van der Waals surface area (Å²) in [6.45, 7) is 11.3. The number of hydrogen-bond acceptors (Lipinski definition) is 5. The fraction of sp³-hybridized carbons (Fsp3) is 0.938. The van der Waals surface area contributed by atoms with Crippen molar-refractivity contribution in [3.8, 4) is 0 Å². The molecule has 0 saturated carbocycles. The number of ether oxygens (including phenoxy) is 3. The Hall–Kier alpha value is -0.650. The Morgan fingerprint density at radius 2 is 2.24 bits per heavy atom. The molecule has 1 fully saturated rings. The van der Waals surface area contributed by atoms with Gasteiger partial charge in [0, 0.05) is 18.9 Å². The normalized spacial score (nSPS) is 22.8. The summed E-state index contributed by atoms with van der Waals surface area (Å²) in [7, 11) is 0. The smallest absolute Gasteiger partial charge is 0.326 e. The Kier molecular flexibility index (Phi) is 8.22. The van der Waals surface area contributed by atoms with Crippen molar-refractivity contribution in [3.05, 3.63) is 0 Å². The molecule has 5 nitrogen and oxygen atoms in total. The predicted molar refractivity (Wildman–Crippen MR) is 82.3 cm³/mol. The summed E-state index contributed by atoms with van der Waals surface area (Å²) in [6, 6.07) is 0. The van der Waals surface area contributed by atoms with Crippen LogP contribution >= 0.6 is 0 Å². The van der Waals surface area contributed by atoms with Crippen molar-refractivity contribution < 1.29 is 19.0 Å². The van der Waals surface area contributed by atoms with Crippen LogP contribution < -0.4 is 5.32 Å². The summed E-state index contributed by atoms with van der Waals surface area (Å²) in [4.78, 5) is 12.2. The summed E-state index contributed by atoms with van der Waals surface area (Å²) < 4.78 is 16.5. The van der Waals surface area contributed by atoms with E-state index in [-0.39, 0.29) is 12.1 Å². The zero-order valence-electron chi connectivity index (χ0n) is 13.9. The Bertz CT molecular complexity index is 305. The Morgan fingerprint density at radius 1 is 1.48 bits per heavy atom. The Balaban J connectivity index is 2.46. The molecule has 0 aromatic rings. The summed E-state index contributed by atoms with van der Waals surface area (Å²) in [5, 5.41) is 3.31. The van der Waals surface area contributed by atoms with Crippen molar-refractivity contribution in [1.29, 1.82) is 0 Å². The van der Waals surface area contributed by atoms with Gasteiger partial charge in [-0.05, 0) is 40.2 Å². The van der Waals surface area contributed by atoms with Crippen molar-refractivity contribution in [3.63, 3.8) is 0 Å². The average molecular weight is 301 g/mol. The van der Waals surface area contributed by atoms with Crippen LogP contribution in [0.3, 0.4) is 0 Å². The van der Waals surface area contributed by atoms with Gasteiger partial charge in [-0.3, -0.25) is 4.79 Å². The Labute approximate surface area is 128 Å². The molecule has 0 bridgehead atoms. The highest BCUT2D eigenvalue weighted by Gasteiger charge is 2.36. The van der Waals surface area contributed by atoms with Crippen LogP contribution in [0.4, 0.5) is 0 Å². The molecule has 1 aliphatic heterocycles. The molecule has 1 saturated heterocycles. The first-order valence-corrected chi connectivity index (χ1v) is 8.13.